The molecule has 0 aliphatic heterocycles. The number of rotatable bonds is 6. The Balaban J connectivity index is 1.89. The summed E-state index contributed by atoms with van der Waals surface area (Å²) in [4.78, 5) is 16.3. The number of hydrogen-bond donors (Lipinski definition) is 1. The minimum Gasteiger partial charge on any atom is -0.378 e. The van der Waals surface area contributed by atoms with Crippen LogP contribution in [0.3, 0.4) is 0 Å². The van der Waals surface area contributed by atoms with Crippen LogP contribution in [0.1, 0.15) is 16.7 Å². The van der Waals surface area contributed by atoms with Gasteiger partial charge in [0, 0.05) is 32.0 Å². The van der Waals surface area contributed by atoms with Crippen LogP contribution in [0.5, 0.6) is 0 Å². The van der Waals surface area contributed by atoms with Gasteiger partial charge in [-0.2, -0.15) is 0 Å². The molecule has 0 radical (unpaired) electrons. The van der Waals surface area contributed by atoms with E-state index in [1.165, 1.54) is 16.8 Å². The molecule has 1 N–H and O–H groups in total. The third kappa shape index (κ3) is 5.10. The summed E-state index contributed by atoms with van der Waals surface area (Å²) in [6.45, 7) is 5.17. The first-order valence-electron chi connectivity index (χ1n) is 8.17. The fourth-order valence-electron chi connectivity index (χ4n) is 2.66. The Labute approximate surface area is 145 Å². The van der Waals surface area contributed by atoms with Crippen molar-refractivity contribution in [3.8, 4) is 0 Å². The van der Waals surface area contributed by atoms with E-state index in [9.17, 15) is 4.79 Å². The number of carbonyl (C=O) groups excluding carboxylic acids is 1. The highest BCUT2D eigenvalue weighted by atomic mass is 16.2. The first kappa shape index (κ1) is 18.0. The largest absolute Gasteiger partial charge is 0.378 e. The summed E-state index contributed by atoms with van der Waals surface area (Å²) >= 11 is 0. The fraction of sp³-hybridized carbons (Fsp3) is 0.350. The number of nitrogens with one attached hydrogen (secondary N) is 1. The number of hydrogen-bond acceptors (Lipinski definition) is 3. The molecule has 0 bridgehead atoms. The highest BCUT2D eigenvalue weighted by Gasteiger charge is 2.09. The van der Waals surface area contributed by atoms with Crippen LogP contribution in [-0.4, -0.2) is 38.5 Å². The van der Waals surface area contributed by atoms with Crippen molar-refractivity contribution in [3.63, 3.8) is 0 Å². The maximum absolute atomic E-state index is 12.2. The summed E-state index contributed by atoms with van der Waals surface area (Å²) in [7, 11) is 6.01. The SMILES string of the molecule is Cc1ccc(NC(=O)CN(C)Cc2ccc(N(C)C)cc2)c(C)c1. The maximum atomic E-state index is 12.2. The molecule has 2 aromatic rings. The van der Waals surface area contributed by atoms with Crippen LogP contribution in [-0.2, 0) is 11.3 Å². The summed E-state index contributed by atoms with van der Waals surface area (Å²) in [6.07, 6.45) is 0. The van der Waals surface area contributed by atoms with Crippen LogP contribution < -0.4 is 10.2 Å². The average Bonchev–Trinajstić information content (AvgIpc) is 2.50. The lowest BCUT2D eigenvalue weighted by atomic mass is 10.1. The van der Waals surface area contributed by atoms with Gasteiger partial charge in [-0.15, -0.1) is 0 Å². The second-order valence-electron chi connectivity index (χ2n) is 6.60. The van der Waals surface area contributed by atoms with E-state index in [1.54, 1.807) is 0 Å². The Kier molecular flexibility index (Phi) is 5.99. The van der Waals surface area contributed by atoms with Gasteiger partial charge < -0.3 is 10.2 Å². The molecule has 2 aromatic carbocycles. The van der Waals surface area contributed by atoms with Crippen LogP contribution in [0, 0.1) is 13.8 Å². The van der Waals surface area contributed by atoms with Gasteiger partial charge in [0.25, 0.3) is 0 Å². The molecule has 4 nitrogen and oxygen atoms in total. The van der Waals surface area contributed by atoms with Crippen LogP contribution in [0.25, 0.3) is 0 Å². The van der Waals surface area contributed by atoms with E-state index in [2.05, 4.69) is 40.5 Å². The standard InChI is InChI=1S/C20H27N3O/c1-15-6-11-19(16(2)12-15)21-20(24)14-23(5)13-17-7-9-18(10-8-17)22(3)4/h6-12H,13-14H2,1-5H3,(H,21,24). The molecule has 4 heteroatoms. The van der Waals surface area contributed by atoms with Crippen LogP contribution >= 0.6 is 0 Å². The van der Waals surface area contributed by atoms with Crippen molar-refractivity contribution in [2.24, 2.45) is 0 Å². The van der Waals surface area contributed by atoms with Gasteiger partial charge in [-0.1, -0.05) is 29.8 Å². The fourth-order valence-corrected chi connectivity index (χ4v) is 2.66. The summed E-state index contributed by atoms with van der Waals surface area (Å²) < 4.78 is 0. The molecular formula is C20H27N3O. The van der Waals surface area contributed by atoms with Crippen molar-refractivity contribution in [3.05, 3.63) is 59.2 Å². The van der Waals surface area contributed by atoms with Crippen molar-refractivity contribution in [1.29, 1.82) is 0 Å². The van der Waals surface area contributed by atoms with E-state index >= 15 is 0 Å². The smallest absolute Gasteiger partial charge is 0.238 e. The minimum absolute atomic E-state index is 0.00867. The molecule has 0 heterocycles. The molecule has 0 spiro atoms. The molecule has 0 aliphatic carbocycles. The third-order valence-corrected chi connectivity index (χ3v) is 3.97. The summed E-state index contributed by atoms with van der Waals surface area (Å²) in [5, 5.41) is 2.99. The molecule has 2 rings (SSSR count). The first-order chi connectivity index (χ1) is 11.3. The molecule has 0 aromatic heterocycles. The number of nitrogens with zero attached hydrogens (tertiary/aromatic N) is 2. The normalized spacial score (nSPS) is 10.8. The van der Waals surface area contributed by atoms with Crippen LogP contribution in [0.15, 0.2) is 42.5 Å². The Morgan fingerprint density at radius 1 is 1.00 bits per heavy atom. The van der Waals surface area contributed by atoms with Crippen molar-refractivity contribution in [2.75, 3.05) is 37.9 Å². The predicted octanol–water partition coefficient (Wildman–Crippen LogP) is 3.44. The Morgan fingerprint density at radius 3 is 2.25 bits per heavy atom. The quantitative estimate of drug-likeness (QED) is 0.884. The highest BCUT2D eigenvalue weighted by molar-refractivity contribution is 5.92. The number of anilines is 2. The first-order valence-corrected chi connectivity index (χ1v) is 8.17. The minimum atomic E-state index is 0.00867. The zero-order chi connectivity index (χ0) is 17.7. The topological polar surface area (TPSA) is 35.6 Å². The summed E-state index contributed by atoms with van der Waals surface area (Å²) in [5.74, 6) is 0.00867. The van der Waals surface area contributed by atoms with Gasteiger partial charge in [0.2, 0.25) is 5.91 Å². The molecule has 0 atom stereocenters. The average molecular weight is 325 g/mol. The second kappa shape index (κ2) is 7.97. The van der Waals surface area contributed by atoms with Crippen molar-refractivity contribution in [1.82, 2.24) is 4.90 Å². The number of benzene rings is 2. The number of aryl methyl sites for hydroxylation is 2. The van der Waals surface area contributed by atoms with Gasteiger partial charge in [-0.25, -0.2) is 0 Å². The maximum Gasteiger partial charge on any atom is 0.238 e. The molecule has 0 aliphatic rings. The zero-order valence-corrected chi connectivity index (χ0v) is 15.3. The lowest BCUT2D eigenvalue weighted by molar-refractivity contribution is -0.117. The van der Waals surface area contributed by atoms with Gasteiger partial charge in [-0.3, -0.25) is 9.69 Å². The molecule has 1 amide bonds. The van der Waals surface area contributed by atoms with E-state index < -0.39 is 0 Å². The van der Waals surface area contributed by atoms with E-state index in [0.29, 0.717) is 6.54 Å². The number of likely N-dealkylation sites (N-methyl/N-ethyl adjacent to an activating group) is 1. The van der Waals surface area contributed by atoms with E-state index in [-0.39, 0.29) is 5.91 Å². The Bertz CT molecular complexity index is 693. The number of carbonyl (C=O) groups is 1. The molecule has 24 heavy (non-hydrogen) atoms. The molecule has 0 saturated carbocycles. The van der Waals surface area contributed by atoms with Gasteiger partial charge >= 0.3 is 0 Å². The molecular weight excluding hydrogens is 298 g/mol. The van der Waals surface area contributed by atoms with Crippen molar-refractivity contribution in [2.45, 2.75) is 20.4 Å². The van der Waals surface area contributed by atoms with Crippen molar-refractivity contribution >= 4 is 17.3 Å². The Morgan fingerprint density at radius 2 is 1.67 bits per heavy atom. The van der Waals surface area contributed by atoms with Crippen LogP contribution in [0.4, 0.5) is 11.4 Å². The van der Waals surface area contributed by atoms with Crippen LogP contribution in [0.2, 0.25) is 0 Å². The summed E-state index contributed by atoms with van der Waals surface area (Å²) in [5.41, 5.74) is 5.54. The monoisotopic (exact) mass is 325 g/mol. The van der Waals surface area contributed by atoms with E-state index in [4.69, 9.17) is 0 Å². The predicted molar refractivity (Wildman–Crippen MR) is 102 cm³/mol. The lowest BCUT2D eigenvalue weighted by Crippen LogP contribution is -2.30. The molecule has 0 saturated heterocycles. The second-order valence-corrected chi connectivity index (χ2v) is 6.60. The van der Waals surface area contributed by atoms with E-state index in [0.717, 1.165) is 17.8 Å². The third-order valence-electron chi connectivity index (χ3n) is 3.97. The Hall–Kier alpha value is -2.33. The van der Waals surface area contributed by atoms with E-state index in [1.807, 2.05) is 52.0 Å². The van der Waals surface area contributed by atoms with Gasteiger partial charge in [-0.05, 0) is 50.2 Å². The van der Waals surface area contributed by atoms with Gasteiger partial charge in [0.1, 0.15) is 0 Å². The lowest BCUT2D eigenvalue weighted by Gasteiger charge is -2.18. The molecule has 0 fully saturated rings. The number of amides is 1. The highest BCUT2D eigenvalue weighted by Crippen LogP contribution is 2.16. The van der Waals surface area contributed by atoms with Gasteiger partial charge in [0.15, 0.2) is 0 Å². The van der Waals surface area contributed by atoms with Gasteiger partial charge in [0.05, 0.1) is 6.54 Å². The van der Waals surface area contributed by atoms with Crippen molar-refractivity contribution < 1.29 is 4.79 Å². The zero-order valence-electron chi connectivity index (χ0n) is 15.3. The summed E-state index contributed by atoms with van der Waals surface area (Å²) in [6, 6.07) is 14.5. The molecule has 128 valence electrons. The molecule has 0 unspecified atom stereocenters.